The molecule has 0 radical (unpaired) electrons. The molecule has 0 saturated carbocycles. The van der Waals surface area contributed by atoms with Crippen LogP contribution in [0.2, 0.25) is 0 Å². The van der Waals surface area contributed by atoms with Gasteiger partial charge in [-0.2, -0.15) is 0 Å². The quantitative estimate of drug-likeness (QED) is 0.0196. The van der Waals surface area contributed by atoms with E-state index < -0.39 is 67.4 Å². The summed E-state index contributed by atoms with van der Waals surface area (Å²) in [5, 5.41) is 56.6. The van der Waals surface area contributed by atoms with E-state index in [4.69, 9.17) is 14.2 Å². The number of aliphatic hydroxyl groups excluding tert-OH is 5. The van der Waals surface area contributed by atoms with Gasteiger partial charge in [0, 0.05) is 6.42 Å². The molecular weight excluding hydrogens is 871 g/mol. The number of carbonyl (C=O) groups is 2. The third-order valence-corrected chi connectivity index (χ3v) is 12.6. The van der Waals surface area contributed by atoms with Gasteiger partial charge >= 0.3 is 5.97 Å². The fraction of sp³-hybridized carbons (Fsp3) is 0.759. The van der Waals surface area contributed by atoms with Crippen molar-refractivity contribution in [3.63, 3.8) is 0 Å². The molecule has 0 spiro atoms. The number of hydrogen-bond acceptors (Lipinski definition) is 10. The monoisotopic (exact) mass is 972 g/mol. The predicted octanol–water partition coefficient (Wildman–Crippen LogP) is 12.1. The minimum Gasteiger partial charge on any atom is -0.454 e. The molecule has 11 nitrogen and oxygen atoms in total. The topological polar surface area (TPSA) is 175 Å². The van der Waals surface area contributed by atoms with Crippen LogP contribution in [0.5, 0.6) is 0 Å². The normalized spacial score (nSPS) is 20.4. The molecule has 1 amide bonds. The zero-order valence-electron chi connectivity index (χ0n) is 43.7. The maximum atomic E-state index is 13.3. The van der Waals surface area contributed by atoms with E-state index in [-0.39, 0.29) is 19.4 Å². The highest BCUT2D eigenvalue weighted by Gasteiger charge is 2.47. The van der Waals surface area contributed by atoms with Crippen molar-refractivity contribution >= 4 is 11.9 Å². The van der Waals surface area contributed by atoms with Crippen molar-refractivity contribution in [3.8, 4) is 0 Å². The first kappa shape index (κ1) is 64.1. The Morgan fingerprint density at radius 2 is 1.00 bits per heavy atom. The molecule has 0 aliphatic carbocycles. The largest absolute Gasteiger partial charge is 0.454 e. The Morgan fingerprint density at radius 3 is 1.54 bits per heavy atom. The number of unbranched alkanes of at least 4 members (excludes halogenated alkanes) is 21. The molecule has 398 valence electrons. The van der Waals surface area contributed by atoms with Crippen LogP contribution in [0.1, 0.15) is 220 Å². The Kier molecular flexibility index (Phi) is 42.9. The van der Waals surface area contributed by atoms with Gasteiger partial charge in [0.2, 0.25) is 5.91 Å². The Bertz CT molecular complexity index is 1390. The smallest absolute Gasteiger partial charge is 0.306 e. The van der Waals surface area contributed by atoms with Gasteiger partial charge in [0.15, 0.2) is 12.4 Å². The van der Waals surface area contributed by atoms with E-state index in [2.05, 4.69) is 74.7 Å². The minimum absolute atomic E-state index is 0.0943. The van der Waals surface area contributed by atoms with Crippen LogP contribution in [0.3, 0.4) is 0 Å². The second-order valence-corrected chi connectivity index (χ2v) is 19.0. The average molecular weight is 972 g/mol. The molecule has 0 aromatic carbocycles. The van der Waals surface area contributed by atoms with Crippen LogP contribution in [0.15, 0.2) is 72.9 Å². The number of ether oxygens (including phenoxy) is 3. The van der Waals surface area contributed by atoms with Crippen LogP contribution in [-0.2, 0) is 23.8 Å². The van der Waals surface area contributed by atoms with Crippen LogP contribution in [0.25, 0.3) is 0 Å². The Labute approximate surface area is 420 Å². The molecular formula is C58H101NO10. The second-order valence-electron chi connectivity index (χ2n) is 19.0. The molecule has 1 heterocycles. The molecule has 0 aromatic rings. The first-order chi connectivity index (χ1) is 33.7. The first-order valence-corrected chi connectivity index (χ1v) is 27.7. The Balaban J connectivity index is 2.81. The third kappa shape index (κ3) is 35.0. The maximum absolute atomic E-state index is 13.3. The van der Waals surface area contributed by atoms with Gasteiger partial charge in [-0.05, 0) is 89.9 Å². The van der Waals surface area contributed by atoms with E-state index >= 15 is 0 Å². The van der Waals surface area contributed by atoms with Crippen molar-refractivity contribution in [3.05, 3.63) is 72.9 Å². The van der Waals surface area contributed by atoms with Crippen LogP contribution >= 0.6 is 0 Å². The minimum atomic E-state index is -1.63. The lowest BCUT2D eigenvalue weighted by Gasteiger charge is -2.41. The van der Waals surface area contributed by atoms with E-state index in [0.29, 0.717) is 12.8 Å². The number of hydrogen-bond donors (Lipinski definition) is 6. The molecule has 0 bridgehead atoms. The molecule has 11 heteroatoms. The molecule has 8 unspecified atom stereocenters. The number of nitrogens with one attached hydrogen (secondary N) is 1. The molecule has 1 aliphatic heterocycles. The zero-order chi connectivity index (χ0) is 50.4. The summed E-state index contributed by atoms with van der Waals surface area (Å²) < 4.78 is 17.5. The number of aliphatic hydroxyl groups is 5. The summed E-state index contributed by atoms with van der Waals surface area (Å²) in [6.07, 6.45) is 46.7. The molecule has 1 fully saturated rings. The van der Waals surface area contributed by atoms with Crippen molar-refractivity contribution in [2.45, 2.75) is 269 Å². The fourth-order valence-corrected chi connectivity index (χ4v) is 8.10. The summed E-state index contributed by atoms with van der Waals surface area (Å²) in [7, 11) is 0. The van der Waals surface area contributed by atoms with Crippen molar-refractivity contribution < 1.29 is 49.3 Å². The molecule has 69 heavy (non-hydrogen) atoms. The lowest BCUT2D eigenvalue weighted by Crippen LogP contribution is -2.61. The predicted molar refractivity (Wildman–Crippen MR) is 283 cm³/mol. The molecule has 1 saturated heterocycles. The summed E-state index contributed by atoms with van der Waals surface area (Å²) >= 11 is 0. The number of carbonyl (C=O) groups excluding carboxylic acids is 2. The maximum Gasteiger partial charge on any atom is 0.306 e. The van der Waals surface area contributed by atoms with E-state index in [0.717, 1.165) is 77.0 Å². The van der Waals surface area contributed by atoms with Crippen molar-refractivity contribution in [1.82, 2.24) is 5.32 Å². The van der Waals surface area contributed by atoms with Gasteiger partial charge in [-0.25, -0.2) is 0 Å². The van der Waals surface area contributed by atoms with Crippen LogP contribution in [-0.4, -0.2) is 99.6 Å². The summed E-state index contributed by atoms with van der Waals surface area (Å²) in [5.74, 6) is -1.28. The van der Waals surface area contributed by atoms with Gasteiger partial charge < -0.3 is 45.1 Å². The second kappa shape index (κ2) is 46.2. The van der Waals surface area contributed by atoms with Crippen molar-refractivity contribution in [1.29, 1.82) is 0 Å². The van der Waals surface area contributed by atoms with Crippen LogP contribution in [0.4, 0.5) is 0 Å². The summed E-state index contributed by atoms with van der Waals surface area (Å²) in [4.78, 5) is 26.4. The highest BCUT2D eigenvalue weighted by atomic mass is 16.7. The third-order valence-electron chi connectivity index (χ3n) is 12.6. The van der Waals surface area contributed by atoms with Crippen molar-refractivity contribution in [2.24, 2.45) is 0 Å². The van der Waals surface area contributed by atoms with Gasteiger partial charge in [-0.3, -0.25) is 9.59 Å². The van der Waals surface area contributed by atoms with Crippen molar-refractivity contribution in [2.75, 3.05) is 13.2 Å². The van der Waals surface area contributed by atoms with E-state index in [9.17, 15) is 35.1 Å². The first-order valence-electron chi connectivity index (χ1n) is 27.7. The van der Waals surface area contributed by atoms with Gasteiger partial charge in [0.1, 0.15) is 24.4 Å². The highest BCUT2D eigenvalue weighted by molar-refractivity contribution is 5.80. The number of esters is 1. The highest BCUT2D eigenvalue weighted by Crippen LogP contribution is 2.26. The molecule has 0 aromatic heterocycles. The van der Waals surface area contributed by atoms with E-state index in [1.54, 1.807) is 6.08 Å². The lowest BCUT2D eigenvalue weighted by molar-refractivity contribution is -0.305. The van der Waals surface area contributed by atoms with Gasteiger partial charge in [-0.15, -0.1) is 0 Å². The standard InChI is InChI=1S/C58H101NO10/c1-4-7-10-13-16-19-22-24-25-26-28-30-33-36-39-42-45-51(62)57(66)59-49(50(61)44-41-38-35-32-29-21-18-15-12-9-6-3)48-67-58-56(55(65)54(64)52(47-60)68-58)69-53(63)46-43-40-37-34-31-27-23-20-17-14-11-8-5-2/h16,19,24-25,27-28,30-31,36,39,41,44,49-52,54-56,58,60-62,64-65H,4-15,17-18,20-23,26,29,32-35,37-38,40,42-43,45-48H2,1-3H3,(H,59,66)/b19-16-,25-24-,30-28-,31-27-,39-36-,44-41+. The SMILES string of the molecule is CCCCC/C=C\C/C=C\C/C=C\C/C=C\CCC(O)C(=O)NC(COC1OC(CO)C(O)C(O)C1OC(=O)CCCCC/C=C\CCCCCCCC)C(O)/C=C/CCCCCCCCCCC. The Morgan fingerprint density at radius 1 is 0.565 bits per heavy atom. The van der Waals surface area contributed by atoms with Gasteiger partial charge in [0.25, 0.3) is 0 Å². The summed E-state index contributed by atoms with van der Waals surface area (Å²) in [6, 6.07) is -1.06. The molecule has 8 atom stereocenters. The molecule has 1 rings (SSSR count). The summed E-state index contributed by atoms with van der Waals surface area (Å²) in [5.41, 5.74) is 0. The van der Waals surface area contributed by atoms with E-state index in [1.807, 2.05) is 18.2 Å². The van der Waals surface area contributed by atoms with Crippen LogP contribution < -0.4 is 5.32 Å². The Hall–Kier alpha value is -2.90. The lowest BCUT2D eigenvalue weighted by atomic mass is 9.99. The van der Waals surface area contributed by atoms with E-state index in [1.165, 1.54) is 96.3 Å². The number of allylic oxidation sites excluding steroid dienone is 11. The van der Waals surface area contributed by atoms with Gasteiger partial charge in [0.05, 0.1) is 25.4 Å². The average Bonchev–Trinajstić information content (AvgIpc) is 3.34. The summed E-state index contributed by atoms with van der Waals surface area (Å²) in [6.45, 7) is 5.67. The number of amides is 1. The number of rotatable bonds is 45. The molecule has 1 aliphatic rings. The fourth-order valence-electron chi connectivity index (χ4n) is 8.10. The van der Waals surface area contributed by atoms with Crippen LogP contribution in [0, 0.1) is 0 Å². The zero-order valence-corrected chi connectivity index (χ0v) is 43.7. The molecule has 6 N–H and O–H groups in total. The van der Waals surface area contributed by atoms with Gasteiger partial charge in [-0.1, -0.05) is 196 Å².